The summed E-state index contributed by atoms with van der Waals surface area (Å²) in [5.74, 6) is 0.425. The van der Waals surface area contributed by atoms with Crippen molar-refractivity contribution in [2.75, 3.05) is 11.1 Å². The summed E-state index contributed by atoms with van der Waals surface area (Å²) < 4.78 is 6.53. The van der Waals surface area contributed by atoms with Gasteiger partial charge in [-0.15, -0.1) is 0 Å². The Morgan fingerprint density at radius 2 is 1.91 bits per heavy atom. The van der Waals surface area contributed by atoms with Crippen molar-refractivity contribution in [3.63, 3.8) is 0 Å². The van der Waals surface area contributed by atoms with Crippen molar-refractivity contribution < 1.29 is 9.21 Å². The summed E-state index contributed by atoms with van der Waals surface area (Å²) >= 11 is 9.30. The van der Waals surface area contributed by atoms with Crippen LogP contribution in [0.3, 0.4) is 0 Å². The van der Waals surface area contributed by atoms with Crippen LogP contribution in [0.4, 0.5) is 11.4 Å². The average molecular weight is 392 g/mol. The molecular weight excluding hydrogens is 380 g/mol. The molecule has 0 bridgehead atoms. The minimum atomic E-state index is -0.377. The highest BCUT2D eigenvalue weighted by Gasteiger charge is 2.14. The van der Waals surface area contributed by atoms with Gasteiger partial charge in [0.25, 0.3) is 5.91 Å². The van der Waals surface area contributed by atoms with Gasteiger partial charge in [0.05, 0.1) is 11.4 Å². The van der Waals surface area contributed by atoms with Crippen LogP contribution < -0.4 is 11.1 Å². The summed E-state index contributed by atoms with van der Waals surface area (Å²) in [6, 6.07) is 15.9. The number of rotatable bonds is 3. The molecule has 0 atom stereocenters. The van der Waals surface area contributed by atoms with Gasteiger partial charge in [-0.05, 0) is 36.4 Å². The summed E-state index contributed by atoms with van der Waals surface area (Å²) in [6.07, 6.45) is 0. The molecule has 1 heterocycles. The highest BCUT2D eigenvalue weighted by molar-refractivity contribution is 9.10. The molecule has 3 aromatic rings. The van der Waals surface area contributed by atoms with Crippen molar-refractivity contribution in [1.29, 1.82) is 0 Å². The summed E-state index contributed by atoms with van der Waals surface area (Å²) in [5, 5.41) is 3.21. The molecule has 116 valence electrons. The molecule has 0 unspecified atom stereocenters. The van der Waals surface area contributed by atoms with Crippen LogP contribution in [-0.2, 0) is 0 Å². The molecule has 4 nitrogen and oxygen atoms in total. The van der Waals surface area contributed by atoms with Crippen molar-refractivity contribution in [3.05, 3.63) is 69.9 Å². The van der Waals surface area contributed by atoms with Crippen LogP contribution in [0.25, 0.3) is 11.3 Å². The molecule has 3 N–H and O–H groups in total. The molecule has 0 saturated heterocycles. The topological polar surface area (TPSA) is 68.3 Å². The van der Waals surface area contributed by atoms with Gasteiger partial charge < -0.3 is 15.5 Å². The van der Waals surface area contributed by atoms with Crippen molar-refractivity contribution in [1.82, 2.24) is 0 Å². The Balaban J connectivity index is 1.83. The van der Waals surface area contributed by atoms with E-state index in [0.29, 0.717) is 22.2 Å². The Morgan fingerprint density at radius 1 is 1.13 bits per heavy atom. The van der Waals surface area contributed by atoms with E-state index in [2.05, 4.69) is 21.2 Å². The molecule has 23 heavy (non-hydrogen) atoms. The lowest BCUT2D eigenvalue weighted by molar-refractivity contribution is 0.0997. The Morgan fingerprint density at radius 3 is 2.65 bits per heavy atom. The summed E-state index contributed by atoms with van der Waals surface area (Å²) in [7, 11) is 0. The van der Waals surface area contributed by atoms with Crippen LogP contribution in [0.5, 0.6) is 0 Å². The molecule has 0 spiro atoms. The van der Waals surface area contributed by atoms with E-state index in [1.54, 1.807) is 30.3 Å². The molecule has 0 aliphatic heterocycles. The van der Waals surface area contributed by atoms with E-state index in [9.17, 15) is 4.79 Å². The lowest BCUT2D eigenvalue weighted by atomic mass is 10.2. The third-order valence-electron chi connectivity index (χ3n) is 3.23. The lowest BCUT2D eigenvalue weighted by Crippen LogP contribution is -2.12. The van der Waals surface area contributed by atoms with Crippen molar-refractivity contribution in [2.45, 2.75) is 0 Å². The van der Waals surface area contributed by atoms with Gasteiger partial charge in [0, 0.05) is 15.1 Å². The van der Waals surface area contributed by atoms with Crippen LogP contribution in [0, 0.1) is 0 Å². The minimum absolute atomic E-state index is 0.199. The average Bonchev–Trinajstić information content (AvgIpc) is 3.00. The second kappa shape index (κ2) is 6.48. The highest BCUT2D eigenvalue weighted by Crippen LogP contribution is 2.30. The zero-order valence-corrected chi connectivity index (χ0v) is 14.2. The number of benzene rings is 2. The van der Waals surface area contributed by atoms with Crippen LogP contribution in [-0.4, -0.2) is 5.91 Å². The number of amides is 1. The van der Waals surface area contributed by atoms with Crippen LogP contribution in [0.15, 0.2) is 63.5 Å². The summed E-state index contributed by atoms with van der Waals surface area (Å²) in [4.78, 5) is 12.3. The highest BCUT2D eigenvalue weighted by atomic mass is 79.9. The fraction of sp³-hybridized carbons (Fsp3) is 0. The largest absolute Gasteiger partial charge is 0.451 e. The standard InChI is InChI=1S/C17H12BrClN2O2/c18-12-4-2-1-3-11(12)15-7-8-16(23-15)17(22)21-14-6-5-10(19)9-13(14)20/h1-9H,20H2,(H,21,22). The first kappa shape index (κ1) is 15.6. The van der Waals surface area contributed by atoms with Crippen LogP contribution in [0.1, 0.15) is 10.6 Å². The first-order valence-corrected chi connectivity index (χ1v) is 7.93. The minimum Gasteiger partial charge on any atom is -0.451 e. The number of nitrogens with two attached hydrogens (primary N) is 1. The fourth-order valence-electron chi connectivity index (χ4n) is 2.10. The molecule has 0 radical (unpaired) electrons. The number of carbonyl (C=O) groups is 1. The van der Waals surface area contributed by atoms with E-state index in [1.165, 1.54) is 0 Å². The second-order valence-electron chi connectivity index (χ2n) is 4.83. The van der Waals surface area contributed by atoms with Crippen LogP contribution >= 0.6 is 27.5 Å². The van der Waals surface area contributed by atoms with E-state index in [1.807, 2.05) is 24.3 Å². The maximum Gasteiger partial charge on any atom is 0.291 e. The van der Waals surface area contributed by atoms with E-state index in [0.717, 1.165) is 10.0 Å². The predicted octanol–water partition coefficient (Wildman–Crippen LogP) is 5.20. The van der Waals surface area contributed by atoms with Gasteiger partial charge >= 0.3 is 0 Å². The number of furan rings is 1. The van der Waals surface area contributed by atoms with E-state index >= 15 is 0 Å². The third-order valence-corrected chi connectivity index (χ3v) is 4.16. The van der Waals surface area contributed by atoms with Gasteiger partial charge in [-0.2, -0.15) is 0 Å². The van der Waals surface area contributed by atoms with Crippen LogP contribution in [0.2, 0.25) is 5.02 Å². The Labute approximate surface area is 146 Å². The van der Waals surface area contributed by atoms with E-state index in [-0.39, 0.29) is 11.7 Å². The smallest absolute Gasteiger partial charge is 0.291 e. The van der Waals surface area contributed by atoms with Gasteiger partial charge in [-0.25, -0.2) is 0 Å². The first-order chi connectivity index (χ1) is 11.0. The van der Waals surface area contributed by atoms with E-state index in [4.69, 9.17) is 21.8 Å². The molecular formula is C17H12BrClN2O2. The summed E-state index contributed by atoms with van der Waals surface area (Å²) in [5.41, 5.74) is 7.58. The van der Waals surface area contributed by atoms with Gasteiger partial charge in [0.1, 0.15) is 5.76 Å². The lowest BCUT2D eigenvalue weighted by Gasteiger charge is -2.07. The Bertz CT molecular complexity index is 877. The SMILES string of the molecule is Nc1cc(Cl)ccc1NC(=O)c1ccc(-c2ccccc2Br)o1. The van der Waals surface area contributed by atoms with Gasteiger partial charge in [0.15, 0.2) is 5.76 Å². The predicted molar refractivity (Wildman–Crippen MR) is 95.7 cm³/mol. The first-order valence-electron chi connectivity index (χ1n) is 6.76. The number of nitrogens with one attached hydrogen (secondary N) is 1. The van der Waals surface area contributed by atoms with Gasteiger partial charge in [-0.1, -0.05) is 45.7 Å². The maximum absolute atomic E-state index is 12.3. The number of halogens is 2. The van der Waals surface area contributed by atoms with Crippen molar-refractivity contribution in [2.24, 2.45) is 0 Å². The summed E-state index contributed by atoms with van der Waals surface area (Å²) in [6.45, 7) is 0. The molecule has 2 aromatic carbocycles. The second-order valence-corrected chi connectivity index (χ2v) is 6.12. The number of hydrogen-bond donors (Lipinski definition) is 2. The zero-order chi connectivity index (χ0) is 16.4. The molecule has 0 aliphatic carbocycles. The number of anilines is 2. The normalized spacial score (nSPS) is 10.5. The molecule has 6 heteroatoms. The molecule has 0 aliphatic rings. The molecule has 0 saturated carbocycles. The zero-order valence-electron chi connectivity index (χ0n) is 11.8. The Hall–Kier alpha value is -2.24. The fourth-order valence-corrected chi connectivity index (χ4v) is 2.76. The number of carbonyl (C=O) groups excluding carboxylic acids is 1. The van der Waals surface area contributed by atoms with E-state index < -0.39 is 0 Å². The molecule has 1 amide bonds. The van der Waals surface area contributed by atoms with Crippen molar-refractivity contribution >= 4 is 44.8 Å². The number of hydrogen-bond acceptors (Lipinski definition) is 3. The molecule has 0 fully saturated rings. The monoisotopic (exact) mass is 390 g/mol. The molecule has 3 rings (SSSR count). The number of nitrogen functional groups attached to an aromatic ring is 1. The molecule has 1 aromatic heterocycles. The Kier molecular flexibility index (Phi) is 4.41. The van der Waals surface area contributed by atoms with Gasteiger partial charge in [-0.3, -0.25) is 4.79 Å². The van der Waals surface area contributed by atoms with Crippen molar-refractivity contribution in [3.8, 4) is 11.3 Å². The maximum atomic E-state index is 12.3. The van der Waals surface area contributed by atoms with Gasteiger partial charge in [0.2, 0.25) is 0 Å². The quantitative estimate of drug-likeness (QED) is 0.603. The third kappa shape index (κ3) is 3.41.